The molecule has 0 amide bonds. The smallest absolute Gasteiger partial charge is 0.160 e. The second-order valence-electron chi connectivity index (χ2n) is 4.49. The van der Waals surface area contributed by atoms with E-state index < -0.39 is 0 Å². The summed E-state index contributed by atoms with van der Waals surface area (Å²) in [5.74, 6) is 0.956. The SMILES string of the molecule is CCN1CS\C(=C/C=C/C=C/c2sc(=S)n(CC)c2[S-])C1=S. The van der Waals surface area contributed by atoms with Crippen LogP contribution in [0.4, 0.5) is 0 Å². The molecule has 1 aliphatic rings. The van der Waals surface area contributed by atoms with Crippen LogP contribution in [0.2, 0.25) is 0 Å². The topological polar surface area (TPSA) is 8.17 Å². The van der Waals surface area contributed by atoms with Crippen molar-refractivity contribution in [1.82, 2.24) is 9.47 Å². The number of hydrogen-bond donors (Lipinski definition) is 0. The molecule has 0 spiro atoms. The van der Waals surface area contributed by atoms with Gasteiger partial charge in [0.25, 0.3) is 0 Å². The Bertz CT molecular complexity index is 693. The van der Waals surface area contributed by atoms with Gasteiger partial charge in [0, 0.05) is 22.9 Å². The molecule has 0 aliphatic carbocycles. The zero-order valence-corrected chi connectivity index (χ0v) is 16.5. The van der Waals surface area contributed by atoms with Crippen LogP contribution in [0.1, 0.15) is 18.7 Å². The molecule has 0 saturated carbocycles. The van der Waals surface area contributed by atoms with Crippen molar-refractivity contribution in [1.29, 1.82) is 0 Å². The molecule has 1 saturated heterocycles. The van der Waals surface area contributed by atoms with E-state index in [-0.39, 0.29) is 0 Å². The molecular formula is C15H17N2S5-. The summed E-state index contributed by atoms with van der Waals surface area (Å²) in [6, 6.07) is 0. The van der Waals surface area contributed by atoms with Crippen molar-refractivity contribution in [3.63, 3.8) is 0 Å². The minimum Gasteiger partial charge on any atom is -0.761 e. The molecule has 0 radical (unpaired) electrons. The monoisotopic (exact) mass is 385 g/mol. The van der Waals surface area contributed by atoms with Crippen molar-refractivity contribution in [2.75, 3.05) is 12.4 Å². The normalized spacial score (nSPS) is 17.6. The van der Waals surface area contributed by atoms with Crippen LogP contribution in [0.25, 0.3) is 6.08 Å². The maximum absolute atomic E-state index is 5.42. The number of rotatable bonds is 5. The van der Waals surface area contributed by atoms with E-state index in [1.807, 2.05) is 28.9 Å². The van der Waals surface area contributed by atoms with Gasteiger partial charge in [0.1, 0.15) is 4.99 Å². The highest BCUT2D eigenvalue weighted by molar-refractivity contribution is 8.06. The van der Waals surface area contributed by atoms with E-state index in [1.54, 1.807) is 23.1 Å². The van der Waals surface area contributed by atoms with Crippen molar-refractivity contribution in [3.05, 3.63) is 38.0 Å². The molecule has 0 atom stereocenters. The molecule has 1 aliphatic heterocycles. The number of thiazole rings is 1. The van der Waals surface area contributed by atoms with Crippen LogP contribution >= 0.6 is 47.5 Å². The van der Waals surface area contributed by atoms with Crippen molar-refractivity contribution in [3.8, 4) is 0 Å². The average Bonchev–Trinajstić information content (AvgIpc) is 2.99. The first-order valence-electron chi connectivity index (χ1n) is 6.96. The molecule has 2 nitrogen and oxygen atoms in total. The molecule has 1 aromatic heterocycles. The minimum atomic E-state index is 0.826. The molecule has 0 bridgehead atoms. The van der Waals surface area contributed by atoms with E-state index in [0.29, 0.717) is 0 Å². The molecule has 1 aromatic rings. The van der Waals surface area contributed by atoms with Crippen LogP contribution in [0.15, 0.2) is 34.2 Å². The predicted octanol–water partition coefficient (Wildman–Crippen LogP) is 5.01. The summed E-state index contributed by atoms with van der Waals surface area (Å²) in [4.78, 5) is 5.35. The summed E-state index contributed by atoms with van der Waals surface area (Å²) in [7, 11) is 0. The molecule has 1 fully saturated rings. The van der Waals surface area contributed by atoms with Crippen molar-refractivity contribution in [2.24, 2.45) is 0 Å². The Morgan fingerprint density at radius 2 is 1.95 bits per heavy atom. The van der Waals surface area contributed by atoms with Gasteiger partial charge in [0.05, 0.1) is 5.88 Å². The maximum Gasteiger partial charge on any atom is 0.160 e. The van der Waals surface area contributed by atoms with Gasteiger partial charge in [-0.1, -0.05) is 35.5 Å². The summed E-state index contributed by atoms with van der Waals surface area (Å²) in [6.07, 6.45) is 10.1. The van der Waals surface area contributed by atoms with E-state index in [0.717, 1.165) is 37.8 Å². The Labute approximate surface area is 156 Å². The van der Waals surface area contributed by atoms with Gasteiger partial charge in [0.2, 0.25) is 0 Å². The zero-order chi connectivity index (χ0) is 16.1. The van der Waals surface area contributed by atoms with Crippen LogP contribution in [-0.4, -0.2) is 26.9 Å². The van der Waals surface area contributed by atoms with Crippen molar-refractivity contribution >= 4 is 71.2 Å². The van der Waals surface area contributed by atoms with Crippen LogP contribution in [-0.2, 0) is 19.2 Å². The molecule has 2 heterocycles. The fraction of sp³-hybridized carbons (Fsp3) is 0.333. The Morgan fingerprint density at radius 3 is 2.55 bits per heavy atom. The lowest BCUT2D eigenvalue weighted by molar-refractivity contribution is 0.536. The molecule has 22 heavy (non-hydrogen) atoms. The summed E-state index contributed by atoms with van der Waals surface area (Å²) >= 11 is 19.5. The van der Waals surface area contributed by atoms with E-state index in [1.165, 1.54) is 4.91 Å². The molecule has 7 heteroatoms. The number of hydrogen-bond acceptors (Lipinski definition) is 5. The Balaban J connectivity index is 2.01. The summed E-state index contributed by atoms with van der Waals surface area (Å²) in [5.41, 5.74) is 0. The van der Waals surface area contributed by atoms with Crippen molar-refractivity contribution in [2.45, 2.75) is 25.4 Å². The second-order valence-corrected chi connectivity index (χ2v) is 7.93. The van der Waals surface area contributed by atoms with Gasteiger partial charge in [0.15, 0.2) is 3.95 Å². The summed E-state index contributed by atoms with van der Waals surface area (Å²) in [6.45, 7) is 5.97. The van der Waals surface area contributed by atoms with Gasteiger partial charge < -0.3 is 22.1 Å². The lowest BCUT2D eigenvalue weighted by Crippen LogP contribution is -2.22. The first-order chi connectivity index (χ1) is 10.6. The molecule has 0 aromatic carbocycles. The van der Waals surface area contributed by atoms with Crippen LogP contribution < -0.4 is 0 Å². The lowest BCUT2D eigenvalue weighted by Gasteiger charge is -2.12. The Kier molecular flexibility index (Phi) is 6.83. The number of allylic oxidation sites excluding steroid dienone is 4. The minimum absolute atomic E-state index is 0.826. The maximum atomic E-state index is 5.42. The molecule has 2 rings (SSSR count). The number of nitrogens with zero attached hydrogens (tertiary/aromatic N) is 2. The highest BCUT2D eigenvalue weighted by atomic mass is 32.2. The highest BCUT2D eigenvalue weighted by Gasteiger charge is 2.20. The molecule has 118 valence electrons. The van der Waals surface area contributed by atoms with Gasteiger partial charge in [-0.2, -0.15) is 0 Å². The second kappa shape index (κ2) is 8.40. The lowest BCUT2D eigenvalue weighted by atomic mass is 10.3. The van der Waals surface area contributed by atoms with Gasteiger partial charge >= 0.3 is 0 Å². The Morgan fingerprint density at radius 1 is 1.18 bits per heavy atom. The van der Waals surface area contributed by atoms with E-state index >= 15 is 0 Å². The third-order valence-corrected chi connectivity index (χ3v) is 6.84. The zero-order valence-electron chi connectivity index (χ0n) is 12.4. The number of thiocarbonyl (C=S) groups is 1. The molecule has 0 unspecified atom stereocenters. The molecular weight excluding hydrogens is 369 g/mol. The van der Waals surface area contributed by atoms with Gasteiger partial charge in [-0.3, -0.25) is 0 Å². The third-order valence-electron chi connectivity index (χ3n) is 3.16. The van der Waals surface area contributed by atoms with Gasteiger partial charge in [-0.25, -0.2) is 0 Å². The number of thioether (sulfide) groups is 1. The average molecular weight is 386 g/mol. The first-order valence-corrected chi connectivity index (χ1v) is 9.98. The largest absolute Gasteiger partial charge is 0.761 e. The quantitative estimate of drug-likeness (QED) is 0.304. The predicted molar refractivity (Wildman–Crippen MR) is 108 cm³/mol. The molecule has 0 N–H and O–H groups in total. The van der Waals surface area contributed by atoms with Crippen LogP contribution in [0, 0.1) is 3.95 Å². The Hall–Kier alpha value is -0.470. The number of likely N-dealkylation sites (N-methyl/N-ethyl adjacent to an activating group) is 1. The highest BCUT2D eigenvalue weighted by Crippen LogP contribution is 2.28. The van der Waals surface area contributed by atoms with Gasteiger partial charge in [-0.05, 0) is 38.2 Å². The fourth-order valence-electron chi connectivity index (χ4n) is 1.91. The standard InChI is InChI=1S/C15H18N2S5/c1-3-16-10-21-11(13(16)18)8-6-5-7-9-12-14(19)17(4-2)15(20)22-12/h5-9,19H,3-4,10H2,1-2H3/p-1/b6-5+,9-7+,11-8-. The van der Waals surface area contributed by atoms with E-state index in [9.17, 15) is 0 Å². The van der Waals surface area contributed by atoms with E-state index in [2.05, 4.69) is 24.8 Å². The van der Waals surface area contributed by atoms with E-state index in [4.69, 9.17) is 37.1 Å². The van der Waals surface area contributed by atoms with Gasteiger partial charge in [-0.15, -0.1) is 23.1 Å². The fourth-order valence-corrected chi connectivity index (χ4v) is 5.35. The van der Waals surface area contributed by atoms with Crippen molar-refractivity contribution < 1.29 is 0 Å². The number of aromatic nitrogens is 1. The van der Waals surface area contributed by atoms with Crippen LogP contribution in [0.5, 0.6) is 0 Å². The third kappa shape index (κ3) is 4.08. The summed E-state index contributed by atoms with van der Waals surface area (Å²) < 4.78 is 2.82. The summed E-state index contributed by atoms with van der Waals surface area (Å²) in [5, 5.41) is 0.826. The van der Waals surface area contributed by atoms with Crippen LogP contribution in [0.3, 0.4) is 0 Å². The first kappa shape index (κ1) is 17.9.